The van der Waals surface area contributed by atoms with E-state index in [1.165, 1.54) is 0 Å². The van der Waals surface area contributed by atoms with E-state index in [2.05, 4.69) is 10.2 Å². The highest BCUT2D eigenvalue weighted by atomic mass is 16.2. The highest BCUT2D eigenvalue weighted by molar-refractivity contribution is 6.23. The van der Waals surface area contributed by atoms with Crippen LogP contribution in [0.4, 0.5) is 5.69 Å². The number of hydrogen-bond acceptors (Lipinski definition) is 6. The van der Waals surface area contributed by atoms with E-state index in [9.17, 15) is 19.2 Å². The molecule has 0 spiro atoms. The molecular formula is C20H24N4O4. The number of carbonyl (C=O) groups excluding carboxylic acids is 4. The zero-order valence-electron chi connectivity index (χ0n) is 15.6. The largest absolute Gasteiger partial charge is 0.371 e. The Morgan fingerprint density at radius 1 is 1.07 bits per heavy atom. The lowest BCUT2D eigenvalue weighted by Gasteiger charge is -2.34. The van der Waals surface area contributed by atoms with Gasteiger partial charge in [0.05, 0.1) is 11.1 Å². The number of anilines is 1. The molecule has 0 saturated carbocycles. The summed E-state index contributed by atoms with van der Waals surface area (Å²) in [6.45, 7) is 2.45. The van der Waals surface area contributed by atoms with Crippen molar-refractivity contribution >= 4 is 29.3 Å². The number of carbonyl (C=O) groups is 4. The van der Waals surface area contributed by atoms with Gasteiger partial charge in [-0.25, -0.2) is 0 Å². The maximum atomic E-state index is 12.9. The predicted molar refractivity (Wildman–Crippen MR) is 102 cm³/mol. The molecule has 28 heavy (non-hydrogen) atoms. The van der Waals surface area contributed by atoms with Gasteiger partial charge in [0.25, 0.3) is 11.8 Å². The lowest BCUT2D eigenvalue weighted by Crippen LogP contribution is -2.54. The van der Waals surface area contributed by atoms with Crippen LogP contribution in [0.3, 0.4) is 0 Å². The van der Waals surface area contributed by atoms with E-state index in [-0.39, 0.29) is 18.7 Å². The topological polar surface area (TPSA) is 113 Å². The molecule has 0 aromatic heterocycles. The second-order valence-corrected chi connectivity index (χ2v) is 7.71. The van der Waals surface area contributed by atoms with Gasteiger partial charge in [-0.2, -0.15) is 0 Å². The lowest BCUT2D eigenvalue weighted by atomic mass is 9.94. The number of fused-ring (bicyclic) bond motifs is 1. The van der Waals surface area contributed by atoms with Crippen LogP contribution in [0.1, 0.15) is 52.8 Å². The fourth-order valence-electron chi connectivity index (χ4n) is 4.43. The molecule has 148 valence electrons. The molecule has 0 aliphatic carbocycles. The molecular weight excluding hydrogens is 360 g/mol. The molecule has 2 saturated heterocycles. The number of imide groups is 2. The van der Waals surface area contributed by atoms with Crippen LogP contribution in [0.15, 0.2) is 18.2 Å². The molecule has 3 aliphatic rings. The van der Waals surface area contributed by atoms with Crippen molar-refractivity contribution < 1.29 is 19.2 Å². The number of nitrogens with one attached hydrogen (secondary N) is 1. The van der Waals surface area contributed by atoms with Gasteiger partial charge >= 0.3 is 0 Å². The molecule has 3 aliphatic heterocycles. The highest BCUT2D eigenvalue weighted by Crippen LogP contribution is 2.32. The minimum Gasteiger partial charge on any atom is -0.371 e. The zero-order chi connectivity index (χ0) is 19.8. The maximum Gasteiger partial charge on any atom is 0.262 e. The summed E-state index contributed by atoms with van der Waals surface area (Å²) in [6.07, 6.45) is 3.47. The molecule has 4 rings (SSSR count). The lowest BCUT2D eigenvalue weighted by molar-refractivity contribution is -0.136. The molecule has 0 bridgehead atoms. The Morgan fingerprint density at radius 3 is 2.61 bits per heavy atom. The predicted octanol–water partition coefficient (Wildman–Crippen LogP) is 0.653. The molecule has 2 atom stereocenters. The minimum atomic E-state index is -0.933. The summed E-state index contributed by atoms with van der Waals surface area (Å²) in [5.41, 5.74) is 7.25. The Kier molecular flexibility index (Phi) is 4.89. The number of nitrogens with zero attached hydrogens (tertiary/aromatic N) is 2. The summed E-state index contributed by atoms with van der Waals surface area (Å²) in [6, 6.07) is 4.36. The number of hydrogen-bond donors (Lipinski definition) is 2. The third kappa shape index (κ3) is 3.17. The molecule has 1 aromatic carbocycles. The first kappa shape index (κ1) is 18.6. The van der Waals surface area contributed by atoms with Gasteiger partial charge in [0.15, 0.2) is 0 Å². The SMILES string of the molecule is NCCC1CCCN(c2ccc3c(c2)C(=O)N(C2CCC(=O)NC2=O)C3=O)C1. The van der Waals surface area contributed by atoms with Gasteiger partial charge in [-0.1, -0.05) is 0 Å². The second-order valence-electron chi connectivity index (χ2n) is 7.71. The molecule has 2 unspecified atom stereocenters. The summed E-state index contributed by atoms with van der Waals surface area (Å²) in [5, 5.41) is 2.21. The van der Waals surface area contributed by atoms with Gasteiger partial charge in [-0.15, -0.1) is 0 Å². The van der Waals surface area contributed by atoms with Crippen molar-refractivity contribution in [1.29, 1.82) is 0 Å². The third-order valence-electron chi connectivity index (χ3n) is 5.88. The van der Waals surface area contributed by atoms with E-state index in [4.69, 9.17) is 5.73 Å². The molecule has 0 radical (unpaired) electrons. The Bertz CT molecular complexity index is 851. The Hall–Kier alpha value is -2.74. The molecule has 1 aromatic rings. The first-order valence-corrected chi connectivity index (χ1v) is 9.80. The van der Waals surface area contributed by atoms with Crippen molar-refractivity contribution in [3.63, 3.8) is 0 Å². The maximum absolute atomic E-state index is 12.9. The van der Waals surface area contributed by atoms with Crippen LogP contribution >= 0.6 is 0 Å². The standard InChI is InChI=1S/C20H24N4O4/c21-8-7-12-2-1-9-23(11-12)13-3-4-14-15(10-13)20(28)24(19(14)27)16-5-6-17(25)22-18(16)26/h3-4,10,12,16H,1-2,5-9,11,21H2,(H,22,25,26). The summed E-state index contributed by atoms with van der Waals surface area (Å²) >= 11 is 0. The molecule has 4 amide bonds. The number of amides is 4. The van der Waals surface area contributed by atoms with Crippen LogP contribution in [0.5, 0.6) is 0 Å². The van der Waals surface area contributed by atoms with Gasteiger partial charge < -0.3 is 10.6 Å². The van der Waals surface area contributed by atoms with Gasteiger partial charge in [0.2, 0.25) is 11.8 Å². The van der Waals surface area contributed by atoms with E-state index in [1.54, 1.807) is 12.1 Å². The van der Waals surface area contributed by atoms with Crippen molar-refractivity contribution in [1.82, 2.24) is 10.2 Å². The van der Waals surface area contributed by atoms with Crippen LogP contribution in [0, 0.1) is 5.92 Å². The van der Waals surface area contributed by atoms with Gasteiger partial charge in [0, 0.05) is 25.2 Å². The number of piperidine rings is 2. The number of rotatable bonds is 4. The zero-order valence-corrected chi connectivity index (χ0v) is 15.6. The second kappa shape index (κ2) is 7.35. The van der Waals surface area contributed by atoms with E-state index in [0.29, 0.717) is 23.6 Å². The van der Waals surface area contributed by atoms with Crippen LogP contribution in [-0.4, -0.2) is 54.2 Å². The van der Waals surface area contributed by atoms with Gasteiger partial charge in [-0.3, -0.25) is 29.4 Å². The van der Waals surface area contributed by atoms with E-state index >= 15 is 0 Å². The van der Waals surface area contributed by atoms with Crippen molar-refractivity contribution in [2.45, 2.75) is 38.1 Å². The van der Waals surface area contributed by atoms with Crippen molar-refractivity contribution in [2.24, 2.45) is 11.7 Å². The fraction of sp³-hybridized carbons (Fsp3) is 0.500. The molecule has 3 heterocycles. The minimum absolute atomic E-state index is 0.116. The quantitative estimate of drug-likeness (QED) is 0.737. The molecule has 8 nitrogen and oxygen atoms in total. The first-order valence-electron chi connectivity index (χ1n) is 9.80. The van der Waals surface area contributed by atoms with Gasteiger partial charge in [0.1, 0.15) is 6.04 Å². The average Bonchev–Trinajstić information content (AvgIpc) is 2.93. The summed E-state index contributed by atoms with van der Waals surface area (Å²) < 4.78 is 0. The van der Waals surface area contributed by atoms with Crippen LogP contribution in [-0.2, 0) is 9.59 Å². The Labute approximate surface area is 163 Å². The third-order valence-corrected chi connectivity index (χ3v) is 5.88. The average molecular weight is 384 g/mol. The number of nitrogens with two attached hydrogens (primary N) is 1. The van der Waals surface area contributed by atoms with Crippen molar-refractivity contribution in [2.75, 3.05) is 24.5 Å². The van der Waals surface area contributed by atoms with Crippen LogP contribution in [0.25, 0.3) is 0 Å². The molecule has 8 heteroatoms. The molecule has 2 fully saturated rings. The normalized spacial score (nSPS) is 25.2. The monoisotopic (exact) mass is 384 g/mol. The molecule has 3 N–H and O–H groups in total. The van der Waals surface area contributed by atoms with Gasteiger partial charge in [-0.05, 0) is 56.3 Å². The summed E-state index contributed by atoms with van der Waals surface area (Å²) in [5.74, 6) is -1.37. The van der Waals surface area contributed by atoms with Crippen LogP contribution < -0.4 is 16.0 Å². The number of benzene rings is 1. The fourth-order valence-corrected chi connectivity index (χ4v) is 4.43. The van der Waals surface area contributed by atoms with E-state index in [0.717, 1.165) is 42.9 Å². The van der Waals surface area contributed by atoms with E-state index in [1.807, 2.05) is 6.07 Å². The highest BCUT2D eigenvalue weighted by Gasteiger charge is 2.44. The van der Waals surface area contributed by atoms with Crippen LogP contribution in [0.2, 0.25) is 0 Å². The Balaban J connectivity index is 1.57. The first-order chi connectivity index (χ1) is 13.5. The summed E-state index contributed by atoms with van der Waals surface area (Å²) in [4.78, 5) is 52.5. The van der Waals surface area contributed by atoms with E-state index < -0.39 is 23.8 Å². The van der Waals surface area contributed by atoms with Crippen molar-refractivity contribution in [3.05, 3.63) is 29.3 Å². The smallest absolute Gasteiger partial charge is 0.262 e. The van der Waals surface area contributed by atoms with Crippen molar-refractivity contribution in [3.8, 4) is 0 Å². The Morgan fingerprint density at radius 2 is 1.86 bits per heavy atom. The summed E-state index contributed by atoms with van der Waals surface area (Å²) in [7, 11) is 0.